The molecule has 0 unspecified atom stereocenters. The molecule has 1 N–H and O–H groups in total. The van der Waals surface area contributed by atoms with Gasteiger partial charge in [-0.05, 0) is 24.1 Å². The fourth-order valence-electron chi connectivity index (χ4n) is 3.45. The summed E-state index contributed by atoms with van der Waals surface area (Å²) < 4.78 is 2.05. The number of hydrogen-bond acceptors (Lipinski definition) is 3. The molecule has 1 aromatic carbocycles. The third-order valence-corrected chi connectivity index (χ3v) is 4.79. The molecule has 1 aliphatic heterocycles. The van der Waals surface area contributed by atoms with Crippen molar-refractivity contribution in [1.82, 2.24) is 24.8 Å². The Hall–Kier alpha value is -2.89. The van der Waals surface area contributed by atoms with Gasteiger partial charge in [0.2, 0.25) is 0 Å². The van der Waals surface area contributed by atoms with Crippen LogP contribution in [0.15, 0.2) is 48.7 Å². The van der Waals surface area contributed by atoms with Crippen molar-refractivity contribution in [2.75, 3.05) is 13.1 Å². The summed E-state index contributed by atoms with van der Waals surface area (Å²) in [6.07, 6.45) is 2.71. The minimum Gasteiger partial charge on any atom is -0.334 e. The molecule has 2 aromatic heterocycles. The summed E-state index contributed by atoms with van der Waals surface area (Å²) in [6.45, 7) is 2.00. The summed E-state index contributed by atoms with van der Waals surface area (Å²) in [7, 11) is 2.00. The number of rotatable bonds is 3. The highest BCUT2D eigenvalue weighted by Gasteiger charge is 2.30. The van der Waals surface area contributed by atoms with E-state index < -0.39 is 0 Å². The van der Waals surface area contributed by atoms with Crippen molar-refractivity contribution < 1.29 is 4.79 Å². The number of imidazole rings is 1. The third kappa shape index (κ3) is 3.07. The van der Waals surface area contributed by atoms with Crippen molar-refractivity contribution in [1.29, 1.82) is 0 Å². The molecule has 0 spiro atoms. The van der Waals surface area contributed by atoms with Crippen LogP contribution in [0.3, 0.4) is 0 Å². The highest BCUT2D eigenvalue weighted by atomic mass is 16.2. The largest absolute Gasteiger partial charge is 0.334 e. The van der Waals surface area contributed by atoms with Crippen LogP contribution in [0.5, 0.6) is 0 Å². The topological polar surface area (TPSA) is 63.1 Å². The molecule has 25 heavy (non-hydrogen) atoms. The molecule has 3 aromatic rings. The second kappa shape index (κ2) is 6.55. The van der Waals surface area contributed by atoms with Gasteiger partial charge in [-0.2, -0.15) is 0 Å². The molecule has 1 fully saturated rings. The molecule has 0 bridgehead atoms. The first-order valence-corrected chi connectivity index (χ1v) is 8.56. The molecule has 4 rings (SSSR count). The number of urea groups is 1. The smallest absolute Gasteiger partial charge is 0.317 e. The maximum atomic E-state index is 12.4. The quantitative estimate of drug-likeness (QED) is 0.800. The van der Waals surface area contributed by atoms with E-state index in [2.05, 4.69) is 10.3 Å². The molecule has 2 amide bonds. The van der Waals surface area contributed by atoms with Crippen molar-refractivity contribution in [3.8, 4) is 0 Å². The van der Waals surface area contributed by atoms with E-state index in [0.717, 1.165) is 35.5 Å². The Kier molecular flexibility index (Phi) is 4.09. The Balaban J connectivity index is 1.42. The lowest BCUT2D eigenvalue weighted by Crippen LogP contribution is -2.38. The standard InChI is InChI=1S/C19H21N5O/c1-23-17(22-16-8-5-10-20-18(16)23)15-9-11-24(13-15)19(25)21-12-14-6-3-2-4-7-14/h2-8,10,15H,9,11-13H2,1H3,(H,21,25)/t15-/m0/s1. The maximum absolute atomic E-state index is 12.4. The van der Waals surface area contributed by atoms with Crippen molar-refractivity contribution in [3.05, 3.63) is 60.0 Å². The fourth-order valence-corrected chi connectivity index (χ4v) is 3.45. The minimum atomic E-state index is -0.0109. The molecular weight excluding hydrogens is 314 g/mol. The van der Waals surface area contributed by atoms with E-state index in [1.54, 1.807) is 6.20 Å². The normalized spacial score (nSPS) is 17.2. The van der Waals surface area contributed by atoms with E-state index in [1.165, 1.54) is 0 Å². The van der Waals surface area contributed by atoms with Crippen LogP contribution in [0.4, 0.5) is 4.79 Å². The first kappa shape index (κ1) is 15.6. The number of nitrogens with zero attached hydrogens (tertiary/aromatic N) is 4. The molecule has 6 heteroatoms. The molecule has 0 saturated carbocycles. The molecular formula is C19H21N5O. The summed E-state index contributed by atoms with van der Waals surface area (Å²) in [4.78, 5) is 23.4. The van der Waals surface area contributed by atoms with Gasteiger partial charge in [-0.3, -0.25) is 0 Å². The Morgan fingerprint density at radius 3 is 2.88 bits per heavy atom. The molecule has 1 atom stereocenters. The number of aryl methyl sites for hydroxylation is 1. The van der Waals surface area contributed by atoms with Crippen molar-refractivity contribution in [3.63, 3.8) is 0 Å². The number of likely N-dealkylation sites (tertiary alicyclic amines) is 1. The van der Waals surface area contributed by atoms with Crippen LogP contribution in [0.2, 0.25) is 0 Å². The van der Waals surface area contributed by atoms with Crippen LogP contribution in [0.25, 0.3) is 11.2 Å². The molecule has 3 heterocycles. The van der Waals surface area contributed by atoms with Gasteiger partial charge in [-0.25, -0.2) is 14.8 Å². The van der Waals surface area contributed by atoms with E-state index in [-0.39, 0.29) is 11.9 Å². The van der Waals surface area contributed by atoms with Gasteiger partial charge in [0.25, 0.3) is 0 Å². The number of carbonyl (C=O) groups excluding carboxylic acids is 1. The van der Waals surface area contributed by atoms with Crippen molar-refractivity contribution in [2.45, 2.75) is 18.9 Å². The predicted octanol–water partition coefficient (Wildman–Crippen LogP) is 2.67. The first-order valence-electron chi connectivity index (χ1n) is 8.56. The van der Waals surface area contributed by atoms with Crippen molar-refractivity contribution in [2.24, 2.45) is 7.05 Å². The fraction of sp³-hybridized carbons (Fsp3) is 0.316. The zero-order valence-electron chi connectivity index (χ0n) is 14.2. The van der Waals surface area contributed by atoms with Crippen LogP contribution in [-0.2, 0) is 13.6 Å². The van der Waals surface area contributed by atoms with Gasteiger partial charge in [0.1, 0.15) is 11.3 Å². The number of aromatic nitrogens is 3. The van der Waals surface area contributed by atoms with Crippen LogP contribution < -0.4 is 5.32 Å². The number of fused-ring (bicyclic) bond motifs is 1. The van der Waals surface area contributed by atoms with Gasteiger partial charge in [0, 0.05) is 38.8 Å². The van der Waals surface area contributed by atoms with E-state index in [4.69, 9.17) is 4.98 Å². The molecule has 0 aliphatic carbocycles. The second-order valence-electron chi connectivity index (χ2n) is 6.45. The molecule has 1 aliphatic rings. The number of hydrogen-bond donors (Lipinski definition) is 1. The summed E-state index contributed by atoms with van der Waals surface area (Å²) in [5.41, 5.74) is 2.91. The Bertz CT molecular complexity index is 889. The number of nitrogens with one attached hydrogen (secondary N) is 1. The van der Waals surface area contributed by atoms with E-state index in [0.29, 0.717) is 13.1 Å². The minimum absolute atomic E-state index is 0.0109. The SMILES string of the molecule is Cn1c([C@H]2CCN(C(=O)NCc3ccccc3)C2)nc2cccnc21. The lowest BCUT2D eigenvalue weighted by atomic mass is 10.1. The Morgan fingerprint density at radius 1 is 1.24 bits per heavy atom. The van der Waals surface area contributed by atoms with Gasteiger partial charge in [0.15, 0.2) is 5.65 Å². The number of amides is 2. The summed E-state index contributed by atoms with van der Waals surface area (Å²) in [6, 6.07) is 13.8. The third-order valence-electron chi connectivity index (χ3n) is 4.79. The second-order valence-corrected chi connectivity index (χ2v) is 6.45. The van der Waals surface area contributed by atoms with E-state index in [9.17, 15) is 4.79 Å². The van der Waals surface area contributed by atoms with Gasteiger partial charge in [-0.15, -0.1) is 0 Å². The zero-order valence-corrected chi connectivity index (χ0v) is 14.2. The average Bonchev–Trinajstić information content (AvgIpc) is 3.26. The molecule has 6 nitrogen and oxygen atoms in total. The van der Waals surface area contributed by atoms with Gasteiger partial charge < -0.3 is 14.8 Å². The number of benzene rings is 1. The van der Waals surface area contributed by atoms with Crippen LogP contribution in [-0.4, -0.2) is 38.6 Å². The summed E-state index contributed by atoms with van der Waals surface area (Å²) in [5, 5.41) is 3.00. The number of carbonyl (C=O) groups is 1. The Labute approximate surface area is 146 Å². The van der Waals surface area contributed by atoms with Crippen LogP contribution >= 0.6 is 0 Å². The summed E-state index contributed by atoms with van der Waals surface area (Å²) in [5.74, 6) is 1.26. The lowest BCUT2D eigenvalue weighted by Gasteiger charge is -2.17. The summed E-state index contributed by atoms with van der Waals surface area (Å²) >= 11 is 0. The maximum Gasteiger partial charge on any atom is 0.317 e. The lowest BCUT2D eigenvalue weighted by molar-refractivity contribution is 0.207. The van der Waals surface area contributed by atoms with E-state index in [1.807, 2.05) is 59.0 Å². The number of pyridine rings is 1. The van der Waals surface area contributed by atoms with Gasteiger partial charge in [-0.1, -0.05) is 30.3 Å². The predicted molar refractivity (Wildman–Crippen MR) is 96.1 cm³/mol. The van der Waals surface area contributed by atoms with Crippen LogP contribution in [0.1, 0.15) is 23.7 Å². The van der Waals surface area contributed by atoms with Crippen LogP contribution in [0, 0.1) is 0 Å². The van der Waals surface area contributed by atoms with Gasteiger partial charge in [0.05, 0.1) is 0 Å². The zero-order chi connectivity index (χ0) is 17.2. The van der Waals surface area contributed by atoms with E-state index >= 15 is 0 Å². The molecule has 128 valence electrons. The van der Waals surface area contributed by atoms with Gasteiger partial charge >= 0.3 is 6.03 Å². The average molecular weight is 335 g/mol. The first-order chi connectivity index (χ1) is 12.2. The molecule has 1 saturated heterocycles. The Morgan fingerprint density at radius 2 is 2.08 bits per heavy atom. The highest BCUT2D eigenvalue weighted by Crippen LogP contribution is 2.28. The molecule has 0 radical (unpaired) electrons. The monoisotopic (exact) mass is 335 g/mol. The van der Waals surface area contributed by atoms with Crippen molar-refractivity contribution >= 4 is 17.2 Å². The highest BCUT2D eigenvalue weighted by molar-refractivity contribution is 5.75.